The van der Waals surface area contributed by atoms with Crippen molar-refractivity contribution in [2.75, 3.05) is 25.1 Å². The molecule has 2 aromatic rings. The van der Waals surface area contributed by atoms with Crippen LogP contribution in [0, 0.1) is 0 Å². The van der Waals surface area contributed by atoms with Gasteiger partial charge in [-0.3, -0.25) is 9.59 Å². The van der Waals surface area contributed by atoms with Crippen molar-refractivity contribution < 1.29 is 37.0 Å². The third-order valence-corrected chi connectivity index (χ3v) is 3.65. The second-order valence-electron chi connectivity index (χ2n) is 5.94. The molecule has 7 nitrogen and oxygen atoms in total. The van der Waals surface area contributed by atoms with Crippen molar-refractivity contribution in [3.8, 4) is 5.75 Å². The average molecular weight is 424 g/mol. The van der Waals surface area contributed by atoms with E-state index >= 15 is 0 Å². The molecule has 0 unspecified atom stereocenters. The number of anilines is 1. The Balaban J connectivity index is 1.97. The zero-order chi connectivity index (χ0) is 22.1. The van der Waals surface area contributed by atoms with Crippen molar-refractivity contribution in [3.63, 3.8) is 0 Å². The highest BCUT2D eigenvalue weighted by Crippen LogP contribution is 2.30. The predicted molar refractivity (Wildman–Crippen MR) is 101 cm³/mol. The van der Waals surface area contributed by atoms with Crippen molar-refractivity contribution in [2.24, 2.45) is 0 Å². The molecule has 0 fully saturated rings. The summed E-state index contributed by atoms with van der Waals surface area (Å²) in [7, 11) is 0. The maximum Gasteiger partial charge on any atom is 0.416 e. The molecule has 0 saturated carbocycles. The monoisotopic (exact) mass is 424 g/mol. The lowest BCUT2D eigenvalue weighted by molar-refractivity contribution is -0.137. The van der Waals surface area contributed by atoms with Crippen LogP contribution in [0.25, 0.3) is 0 Å². The van der Waals surface area contributed by atoms with Gasteiger partial charge in [0.1, 0.15) is 11.3 Å². The number of benzene rings is 2. The first-order chi connectivity index (χ1) is 14.2. The molecule has 0 radical (unpaired) electrons. The number of nitrogens with one attached hydrogen (secondary N) is 2. The SMILES string of the molecule is CCNC(=O)COC(=O)c1ccccc1OCC(=O)Nc1cccc(C(F)(F)F)c1. The minimum Gasteiger partial charge on any atom is -0.483 e. The van der Waals surface area contributed by atoms with Gasteiger partial charge in [-0.25, -0.2) is 4.79 Å². The zero-order valence-corrected chi connectivity index (χ0v) is 15.9. The Morgan fingerprint density at radius 1 is 0.967 bits per heavy atom. The van der Waals surface area contributed by atoms with Gasteiger partial charge in [-0.15, -0.1) is 0 Å². The van der Waals surface area contributed by atoms with Crippen molar-refractivity contribution in [2.45, 2.75) is 13.1 Å². The van der Waals surface area contributed by atoms with E-state index in [-0.39, 0.29) is 17.0 Å². The van der Waals surface area contributed by atoms with Gasteiger partial charge in [0.05, 0.1) is 5.56 Å². The summed E-state index contributed by atoms with van der Waals surface area (Å²) in [4.78, 5) is 35.6. The lowest BCUT2D eigenvalue weighted by Gasteiger charge is -2.12. The van der Waals surface area contributed by atoms with Gasteiger partial charge in [0, 0.05) is 12.2 Å². The van der Waals surface area contributed by atoms with Crippen LogP contribution < -0.4 is 15.4 Å². The summed E-state index contributed by atoms with van der Waals surface area (Å²) in [6.07, 6.45) is -4.54. The summed E-state index contributed by atoms with van der Waals surface area (Å²) >= 11 is 0. The third-order valence-electron chi connectivity index (χ3n) is 3.65. The summed E-state index contributed by atoms with van der Waals surface area (Å²) in [5.74, 6) is -1.99. The molecule has 0 spiro atoms. The largest absolute Gasteiger partial charge is 0.483 e. The Kier molecular flexibility index (Phi) is 7.79. The van der Waals surface area contributed by atoms with E-state index < -0.39 is 42.7 Å². The van der Waals surface area contributed by atoms with Crippen LogP contribution in [0.1, 0.15) is 22.8 Å². The number of likely N-dealkylation sites (N-methyl/N-ethyl adjacent to an activating group) is 1. The molecular weight excluding hydrogens is 405 g/mol. The molecule has 2 N–H and O–H groups in total. The number of carbonyl (C=O) groups is 3. The molecule has 2 amide bonds. The van der Waals surface area contributed by atoms with Gasteiger partial charge in [0.25, 0.3) is 11.8 Å². The molecule has 0 saturated heterocycles. The molecular formula is C20H19F3N2O5. The summed E-state index contributed by atoms with van der Waals surface area (Å²) in [5, 5.41) is 4.77. The summed E-state index contributed by atoms with van der Waals surface area (Å²) in [5.41, 5.74) is -0.955. The molecule has 10 heteroatoms. The molecule has 2 rings (SSSR count). The molecule has 0 aromatic heterocycles. The van der Waals surface area contributed by atoms with Gasteiger partial charge in [-0.1, -0.05) is 18.2 Å². The first-order valence-corrected chi connectivity index (χ1v) is 8.83. The predicted octanol–water partition coefficient (Wildman–Crippen LogP) is 3.02. The van der Waals surface area contributed by atoms with Gasteiger partial charge in [-0.2, -0.15) is 13.2 Å². The first kappa shape index (κ1) is 22.7. The molecule has 0 aliphatic heterocycles. The van der Waals surface area contributed by atoms with E-state index in [1.165, 1.54) is 30.3 Å². The van der Waals surface area contributed by atoms with Crippen LogP contribution in [0.2, 0.25) is 0 Å². The fourth-order valence-electron chi connectivity index (χ4n) is 2.33. The van der Waals surface area contributed by atoms with E-state index in [0.717, 1.165) is 12.1 Å². The fraction of sp³-hybridized carbons (Fsp3) is 0.250. The second-order valence-corrected chi connectivity index (χ2v) is 5.94. The quantitative estimate of drug-likeness (QED) is 0.636. The van der Waals surface area contributed by atoms with Crippen LogP contribution in [-0.4, -0.2) is 37.5 Å². The van der Waals surface area contributed by atoms with Crippen molar-refractivity contribution in [1.29, 1.82) is 0 Å². The van der Waals surface area contributed by atoms with Crippen molar-refractivity contribution in [1.82, 2.24) is 5.32 Å². The van der Waals surface area contributed by atoms with Crippen LogP contribution in [0.3, 0.4) is 0 Å². The lowest BCUT2D eigenvalue weighted by Crippen LogP contribution is -2.28. The fourth-order valence-corrected chi connectivity index (χ4v) is 2.33. The average Bonchev–Trinajstić information content (AvgIpc) is 2.70. The molecule has 0 atom stereocenters. The summed E-state index contributed by atoms with van der Waals surface area (Å²) in [6, 6.07) is 10.1. The maximum atomic E-state index is 12.7. The smallest absolute Gasteiger partial charge is 0.416 e. The van der Waals surface area contributed by atoms with Crippen molar-refractivity contribution in [3.05, 3.63) is 59.7 Å². The molecule has 0 aliphatic carbocycles. The zero-order valence-electron chi connectivity index (χ0n) is 15.9. The molecule has 30 heavy (non-hydrogen) atoms. The van der Waals surface area contributed by atoms with Crippen LogP contribution in [0.4, 0.5) is 18.9 Å². The molecule has 160 valence electrons. The van der Waals surface area contributed by atoms with Crippen molar-refractivity contribution >= 4 is 23.5 Å². The number of hydrogen-bond acceptors (Lipinski definition) is 5. The molecule has 0 heterocycles. The number of halogens is 3. The van der Waals surface area contributed by atoms with E-state index in [0.29, 0.717) is 6.54 Å². The number of esters is 1. The maximum absolute atomic E-state index is 12.7. The van der Waals surface area contributed by atoms with Gasteiger partial charge < -0.3 is 20.1 Å². The number of para-hydroxylation sites is 1. The lowest BCUT2D eigenvalue weighted by atomic mass is 10.2. The van der Waals surface area contributed by atoms with Gasteiger partial charge >= 0.3 is 12.1 Å². The number of ether oxygens (including phenoxy) is 2. The minimum absolute atomic E-state index is 0.00586. The Labute approximate surface area is 170 Å². The number of carbonyl (C=O) groups excluding carboxylic acids is 3. The first-order valence-electron chi connectivity index (χ1n) is 8.83. The molecule has 2 aromatic carbocycles. The van der Waals surface area contributed by atoms with Gasteiger partial charge in [-0.05, 0) is 37.3 Å². The Morgan fingerprint density at radius 2 is 1.70 bits per heavy atom. The second kappa shape index (κ2) is 10.3. The minimum atomic E-state index is -4.54. The van der Waals surface area contributed by atoms with Crippen LogP contribution >= 0.6 is 0 Å². The number of hydrogen-bond donors (Lipinski definition) is 2. The number of amides is 2. The number of rotatable bonds is 8. The molecule has 0 bridgehead atoms. The summed E-state index contributed by atoms with van der Waals surface area (Å²) in [6.45, 7) is 1.07. The Morgan fingerprint density at radius 3 is 2.40 bits per heavy atom. The van der Waals surface area contributed by atoms with Crippen LogP contribution in [0.5, 0.6) is 5.75 Å². The van der Waals surface area contributed by atoms with E-state index in [1.54, 1.807) is 13.0 Å². The highest BCUT2D eigenvalue weighted by atomic mass is 19.4. The van der Waals surface area contributed by atoms with Crippen LogP contribution in [0.15, 0.2) is 48.5 Å². The summed E-state index contributed by atoms with van der Waals surface area (Å²) < 4.78 is 48.4. The van der Waals surface area contributed by atoms with E-state index in [2.05, 4.69) is 10.6 Å². The highest BCUT2D eigenvalue weighted by Gasteiger charge is 2.30. The van der Waals surface area contributed by atoms with Gasteiger partial charge in [0.2, 0.25) is 0 Å². The molecule has 0 aliphatic rings. The third kappa shape index (κ3) is 6.80. The highest BCUT2D eigenvalue weighted by molar-refractivity contribution is 5.95. The van der Waals surface area contributed by atoms with E-state index in [1.807, 2.05) is 0 Å². The van der Waals surface area contributed by atoms with E-state index in [9.17, 15) is 27.6 Å². The van der Waals surface area contributed by atoms with Crippen LogP contribution in [-0.2, 0) is 20.5 Å². The number of alkyl halides is 3. The van der Waals surface area contributed by atoms with Gasteiger partial charge in [0.15, 0.2) is 13.2 Å². The Hall–Kier alpha value is -3.56. The Bertz CT molecular complexity index is 915. The van der Waals surface area contributed by atoms with E-state index in [4.69, 9.17) is 9.47 Å². The standard InChI is InChI=1S/C20H19F3N2O5/c1-2-24-17(26)11-30-19(28)15-8-3-4-9-16(15)29-12-18(27)25-14-7-5-6-13(10-14)20(21,22)23/h3-10H,2,11-12H2,1H3,(H,24,26)(H,25,27). The normalized spacial score (nSPS) is 10.8. The topological polar surface area (TPSA) is 93.7 Å².